The van der Waals surface area contributed by atoms with E-state index in [0.29, 0.717) is 11.5 Å². The highest BCUT2D eigenvalue weighted by molar-refractivity contribution is 5.85. The topological polar surface area (TPSA) is 122 Å². The van der Waals surface area contributed by atoms with Crippen molar-refractivity contribution in [1.29, 1.82) is 0 Å². The van der Waals surface area contributed by atoms with Crippen molar-refractivity contribution >= 4 is 17.2 Å². The molecule has 0 aromatic heterocycles. The van der Waals surface area contributed by atoms with Gasteiger partial charge in [0.1, 0.15) is 17.3 Å². The molecule has 9 nitrogen and oxygen atoms in total. The van der Waals surface area contributed by atoms with E-state index in [1.54, 1.807) is 0 Å². The van der Waals surface area contributed by atoms with Crippen molar-refractivity contribution in [2.45, 2.75) is 12.8 Å². The molecule has 0 aliphatic rings. The maximum atomic E-state index is 12.4. The number of benzene rings is 2. The number of nitro benzene ring substituents is 2. The Morgan fingerprint density at radius 2 is 1.23 bits per heavy atom. The molecule has 0 saturated carbocycles. The summed E-state index contributed by atoms with van der Waals surface area (Å²) in [6.07, 6.45) is -0.496. The number of carbonyl (C=O) groups excluding carboxylic acids is 1. The molecule has 26 heavy (non-hydrogen) atoms. The summed E-state index contributed by atoms with van der Waals surface area (Å²) >= 11 is 0. The molecule has 9 heteroatoms. The Bertz CT molecular complexity index is 795. The predicted octanol–water partition coefficient (Wildman–Crippen LogP) is 2.87. The van der Waals surface area contributed by atoms with Crippen LogP contribution in [0.2, 0.25) is 0 Å². The van der Waals surface area contributed by atoms with Gasteiger partial charge in [-0.2, -0.15) is 0 Å². The van der Waals surface area contributed by atoms with Crippen LogP contribution in [-0.4, -0.2) is 29.8 Å². The van der Waals surface area contributed by atoms with Crippen molar-refractivity contribution in [2.24, 2.45) is 0 Å². The summed E-state index contributed by atoms with van der Waals surface area (Å²) in [5.41, 5.74) is -0.0478. The van der Waals surface area contributed by atoms with E-state index in [0.717, 1.165) is 0 Å². The van der Waals surface area contributed by atoms with E-state index in [4.69, 9.17) is 9.47 Å². The maximum absolute atomic E-state index is 12.4. The van der Waals surface area contributed by atoms with Gasteiger partial charge in [-0.25, -0.2) is 0 Å². The molecular formula is C17H16N2O7. The highest BCUT2D eigenvalue weighted by Gasteiger charge is 2.21. The van der Waals surface area contributed by atoms with E-state index in [1.165, 1.54) is 50.6 Å². The average molecular weight is 360 g/mol. The molecule has 0 spiro atoms. The first kappa shape index (κ1) is 18.8. The van der Waals surface area contributed by atoms with Crippen LogP contribution >= 0.6 is 0 Å². The molecule has 136 valence electrons. The van der Waals surface area contributed by atoms with Gasteiger partial charge in [0.15, 0.2) is 0 Å². The Balaban J connectivity index is 2.29. The monoisotopic (exact) mass is 360 g/mol. The third-order valence-corrected chi connectivity index (χ3v) is 3.74. The Morgan fingerprint density at radius 3 is 1.54 bits per heavy atom. The highest BCUT2D eigenvalue weighted by atomic mass is 16.6. The van der Waals surface area contributed by atoms with Gasteiger partial charge in [0.2, 0.25) is 0 Å². The van der Waals surface area contributed by atoms with Crippen LogP contribution in [0.1, 0.15) is 11.1 Å². The summed E-state index contributed by atoms with van der Waals surface area (Å²) in [4.78, 5) is 33.5. The number of carbonyl (C=O) groups is 1. The van der Waals surface area contributed by atoms with E-state index < -0.39 is 15.6 Å². The second-order valence-electron chi connectivity index (χ2n) is 5.40. The van der Waals surface area contributed by atoms with E-state index in [-0.39, 0.29) is 35.3 Å². The summed E-state index contributed by atoms with van der Waals surface area (Å²) < 4.78 is 10.1. The Labute approximate surface area is 148 Å². The van der Waals surface area contributed by atoms with Crippen molar-refractivity contribution < 1.29 is 24.1 Å². The lowest BCUT2D eigenvalue weighted by Crippen LogP contribution is -2.10. The van der Waals surface area contributed by atoms with Gasteiger partial charge in [-0.05, 0) is 24.3 Å². The number of Topliss-reactive ketones (excluding diaryl/α,β-unsaturated/α-hetero) is 1. The Morgan fingerprint density at radius 1 is 0.846 bits per heavy atom. The number of methoxy groups -OCH3 is 2. The number of nitrogens with zero attached hydrogens (tertiary/aromatic N) is 2. The molecule has 0 radical (unpaired) electrons. The maximum Gasteiger partial charge on any atom is 0.273 e. The summed E-state index contributed by atoms with van der Waals surface area (Å²) in [5, 5.41) is 22.3. The predicted molar refractivity (Wildman–Crippen MR) is 91.7 cm³/mol. The molecule has 0 saturated heterocycles. The fraction of sp³-hybridized carbons (Fsp3) is 0.235. The van der Waals surface area contributed by atoms with E-state index in [1.807, 2.05) is 0 Å². The summed E-state index contributed by atoms with van der Waals surface area (Å²) in [5.74, 6) is 0.356. The van der Waals surface area contributed by atoms with Crippen molar-refractivity contribution in [3.63, 3.8) is 0 Å². The van der Waals surface area contributed by atoms with Gasteiger partial charge in [0, 0.05) is 36.1 Å². The molecule has 0 N–H and O–H groups in total. The number of hydrogen-bond donors (Lipinski definition) is 0. The molecule has 0 aliphatic carbocycles. The Kier molecular flexibility index (Phi) is 5.84. The number of ether oxygens (including phenoxy) is 2. The molecule has 2 aromatic rings. The normalized spacial score (nSPS) is 10.2. The molecule has 0 heterocycles. The highest BCUT2D eigenvalue weighted by Crippen LogP contribution is 2.27. The summed E-state index contributed by atoms with van der Waals surface area (Å²) in [6, 6.07) is 8.20. The zero-order valence-corrected chi connectivity index (χ0v) is 14.1. The smallest absolute Gasteiger partial charge is 0.273 e. The van der Waals surface area contributed by atoms with E-state index >= 15 is 0 Å². The van der Waals surface area contributed by atoms with Crippen LogP contribution in [0.3, 0.4) is 0 Å². The van der Waals surface area contributed by atoms with Crippen molar-refractivity contribution in [2.75, 3.05) is 14.2 Å². The van der Waals surface area contributed by atoms with Crippen LogP contribution in [0, 0.1) is 20.2 Å². The molecule has 0 fully saturated rings. The van der Waals surface area contributed by atoms with Crippen LogP contribution < -0.4 is 9.47 Å². The van der Waals surface area contributed by atoms with Gasteiger partial charge in [0.25, 0.3) is 11.4 Å². The second kappa shape index (κ2) is 8.06. The minimum absolute atomic E-state index is 0.185. The van der Waals surface area contributed by atoms with Crippen LogP contribution in [0.15, 0.2) is 36.4 Å². The second-order valence-corrected chi connectivity index (χ2v) is 5.40. The van der Waals surface area contributed by atoms with Gasteiger partial charge in [-0.1, -0.05) is 0 Å². The van der Waals surface area contributed by atoms with Crippen LogP contribution in [0.4, 0.5) is 11.4 Å². The van der Waals surface area contributed by atoms with Crippen LogP contribution in [0.5, 0.6) is 11.5 Å². The van der Waals surface area contributed by atoms with Gasteiger partial charge < -0.3 is 9.47 Å². The molecule has 2 rings (SSSR count). The quantitative estimate of drug-likeness (QED) is 0.524. The fourth-order valence-electron chi connectivity index (χ4n) is 2.50. The standard InChI is InChI=1S/C17H16N2O7/c1-25-14-3-5-16(18(21)22)11(9-14)7-13(20)8-12-10-15(26-2)4-6-17(12)19(23)24/h3-6,9-10H,7-8H2,1-2H3. The molecule has 0 bridgehead atoms. The lowest BCUT2D eigenvalue weighted by atomic mass is 10.00. The van der Waals surface area contributed by atoms with Gasteiger partial charge in [0.05, 0.1) is 24.1 Å². The first-order chi connectivity index (χ1) is 12.3. The first-order valence-electron chi connectivity index (χ1n) is 7.50. The molecule has 2 aromatic carbocycles. The third kappa shape index (κ3) is 4.32. The summed E-state index contributed by atoms with van der Waals surface area (Å²) in [6.45, 7) is 0. The molecule has 0 amide bonds. The van der Waals surface area contributed by atoms with Gasteiger partial charge >= 0.3 is 0 Å². The Hall–Kier alpha value is -3.49. The molecular weight excluding hydrogens is 344 g/mol. The minimum Gasteiger partial charge on any atom is -0.497 e. The molecule has 0 aliphatic heterocycles. The number of ketones is 1. The largest absolute Gasteiger partial charge is 0.497 e. The zero-order chi connectivity index (χ0) is 19.3. The summed E-state index contributed by atoms with van der Waals surface area (Å²) in [7, 11) is 2.82. The lowest BCUT2D eigenvalue weighted by Gasteiger charge is -2.07. The molecule has 0 unspecified atom stereocenters. The SMILES string of the molecule is COc1ccc([N+](=O)[O-])c(CC(=O)Cc2cc(OC)ccc2[N+](=O)[O-])c1. The number of rotatable bonds is 8. The minimum atomic E-state index is -0.587. The van der Waals surface area contributed by atoms with Crippen molar-refractivity contribution in [1.82, 2.24) is 0 Å². The third-order valence-electron chi connectivity index (χ3n) is 3.74. The first-order valence-corrected chi connectivity index (χ1v) is 7.50. The molecule has 0 atom stereocenters. The average Bonchev–Trinajstić information content (AvgIpc) is 2.60. The van der Waals surface area contributed by atoms with Crippen LogP contribution in [-0.2, 0) is 17.6 Å². The lowest BCUT2D eigenvalue weighted by molar-refractivity contribution is -0.385. The van der Waals surface area contributed by atoms with Gasteiger partial charge in [-0.3, -0.25) is 25.0 Å². The number of nitro groups is 2. The van der Waals surface area contributed by atoms with Crippen molar-refractivity contribution in [3.8, 4) is 11.5 Å². The van der Waals surface area contributed by atoms with Crippen molar-refractivity contribution in [3.05, 3.63) is 67.8 Å². The number of hydrogen-bond acceptors (Lipinski definition) is 7. The fourth-order valence-corrected chi connectivity index (χ4v) is 2.50. The van der Waals surface area contributed by atoms with E-state index in [9.17, 15) is 25.0 Å². The van der Waals surface area contributed by atoms with Crippen LogP contribution in [0.25, 0.3) is 0 Å². The zero-order valence-electron chi connectivity index (χ0n) is 14.1. The van der Waals surface area contributed by atoms with E-state index in [2.05, 4.69) is 0 Å². The van der Waals surface area contributed by atoms with Gasteiger partial charge in [-0.15, -0.1) is 0 Å².